The highest BCUT2D eigenvalue weighted by Gasteiger charge is 2.38. The van der Waals surface area contributed by atoms with E-state index >= 15 is 0 Å². The van der Waals surface area contributed by atoms with Gasteiger partial charge in [-0.05, 0) is 12.8 Å². The van der Waals surface area contributed by atoms with Crippen molar-refractivity contribution < 1.29 is 37.4 Å². The van der Waals surface area contributed by atoms with Crippen LogP contribution in [-0.4, -0.2) is 42.0 Å². The van der Waals surface area contributed by atoms with Crippen molar-refractivity contribution in [3.8, 4) is 0 Å². The number of carboxylic acids is 1. The largest absolute Gasteiger partial charge is 0.490 e. The van der Waals surface area contributed by atoms with Crippen LogP contribution in [0.3, 0.4) is 0 Å². The number of ether oxygens (including phenoxy) is 1. The van der Waals surface area contributed by atoms with Crippen molar-refractivity contribution in [3.63, 3.8) is 0 Å². The number of hydrogen-bond acceptors (Lipinski definition) is 5. The molecule has 0 aromatic rings. The van der Waals surface area contributed by atoms with E-state index in [-0.39, 0.29) is 12.4 Å². The van der Waals surface area contributed by atoms with E-state index in [2.05, 4.69) is 12.2 Å². The van der Waals surface area contributed by atoms with Gasteiger partial charge in [-0.1, -0.05) is 77.6 Å². The van der Waals surface area contributed by atoms with Gasteiger partial charge >= 0.3 is 24.1 Å². The number of carbonyl (C=O) groups excluding carboxylic acids is 2. The summed E-state index contributed by atoms with van der Waals surface area (Å²) >= 11 is 0. The van der Waals surface area contributed by atoms with Crippen LogP contribution in [0, 0.1) is 0 Å². The van der Waals surface area contributed by atoms with Crippen molar-refractivity contribution in [3.05, 3.63) is 0 Å². The minimum absolute atomic E-state index is 0.194. The molecule has 2 amide bonds. The predicted octanol–water partition coefficient (Wildman–Crippen LogP) is 4.60. The summed E-state index contributed by atoms with van der Waals surface area (Å²) < 4.78 is 36.9. The molecule has 0 fully saturated rings. The highest BCUT2D eigenvalue weighted by Crippen LogP contribution is 2.13. The van der Waals surface area contributed by atoms with Crippen LogP contribution in [-0.2, 0) is 14.3 Å². The number of carbonyl (C=O) groups is 3. The van der Waals surface area contributed by atoms with Crippen molar-refractivity contribution in [1.29, 1.82) is 0 Å². The first kappa shape index (κ1) is 32.1. The first-order valence-electron chi connectivity index (χ1n) is 11.3. The van der Waals surface area contributed by atoms with E-state index in [4.69, 9.17) is 26.1 Å². The predicted molar refractivity (Wildman–Crippen MR) is 116 cm³/mol. The zero-order valence-electron chi connectivity index (χ0n) is 19.1. The molecule has 0 saturated heterocycles. The number of primary amides is 1. The number of carboxylic acid groups (broad SMARTS) is 1. The van der Waals surface area contributed by atoms with Gasteiger partial charge in [-0.3, -0.25) is 4.79 Å². The molecule has 190 valence electrons. The van der Waals surface area contributed by atoms with Gasteiger partial charge in [0.1, 0.15) is 0 Å². The second-order valence-corrected chi connectivity index (χ2v) is 7.57. The molecule has 0 bridgehead atoms. The average molecular weight is 472 g/mol. The Morgan fingerprint density at radius 1 is 0.906 bits per heavy atom. The van der Waals surface area contributed by atoms with Crippen LogP contribution in [0.4, 0.5) is 18.0 Å². The van der Waals surface area contributed by atoms with Gasteiger partial charge in [-0.15, -0.1) is 0 Å². The number of nitrogens with one attached hydrogen (secondary N) is 1. The molecule has 0 aliphatic heterocycles. The first-order chi connectivity index (χ1) is 15.0. The molecule has 0 aromatic heterocycles. The topological polar surface area (TPSA) is 145 Å². The Labute approximate surface area is 188 Å². The van der Waals surface area contributed by atoms with Gasteiger partial charge in [-0.2, -0.15) is 13.2 Å². The maximum atomic E-state index is 11.5. The van der Waals surface area contributed by atoms with Crippen molar-refractivity contribution in [2.24, 2.45) is 11.5 Å². The maximum absolute atomic E-state index is 11.5. The summed E-state index contributed by atoms with van der Waals surface area (Å²) in [5.41, 5.74) is 10.5. The number of amides is 2. The highest BCUT2D eigenvalue weighted by atomic mass is 19.4. The molecule has 8 nitrogen and oxygen atoms in total. The molecular formula is C21H40F3N3O5. The van der Waals surface area contributed by atoms with Crippen LogP contribution in [0.25, 0.3) is 0 Å². The summed E-state index contributed by atoms with van der Waals surface area (Å²) in [6.07, 6.45) is 10.2. The monoisotopic (exact) mass is 471 g/mol. The van der Waals surface area contributed by atoms with Gasteiger partial charge in [0.05, 0.1) is 12.8 Å². The van der Waals surface area contributed by atoms with E-state index in [1.807, 2.05) is 0 Å². The lowest BCUT2D eigenvalue weighted by molar-refractivity contribution is -0.192. The summed E-state index contributed by atoms with van der Waals surface area (Å²) in [5, 5.41) is 9.45. The van der Waals surface area contributed by atoms with Crippen molar-refractivity contribution >= 4 is 18.0 Å². The molecule has 1 unspecified atom stereocenters. The number of alkyl halides is 3. The Balaban J connectivity index is 0. The fourth-order valence-electron chi connectivity index (χ4n) is 2.73. The van der Waals surface area contributed by atoms with E-state index in [1.165, 1.54) is 64.2 Å². The lowest BCUT2D eigenvalue weighted by atomic mass is 10.1. The van der Waals surface area contributed by atoms with Crippen LogP contribution >= 0.6 is 0 Å². The SMILES string of the molecule is CCCCCCCCCCCCCCOC(=O)CCC(N)NC(N)=O.O=C(O)C(F)(F)F. The minimum Gasteiger partial charge on any atom is -0.475 e. The second-order valence-electron chi connectivity index (χ2n) is 7.57. The fraction of sp³-hybridized carbons (Fsp3) is 0.857. The summed E-state index contributed by atoms with van der Waals surface area (Å²) in [6, 6.07) is -0.683. The summed E-state index contributed by atoms with van der Waals surface area (Å²) in [7, 11) is 0. The third kappa shape index (κ3) is 26.0. The average Bonchev–Trinajstić information content (AvgIpc) is 2.69. The molecule has 0 aromatic carbocycles. The fourth-order valence-corrected chi connectivity index (χ4v) is 2.73. The Morgan fingerprint density at radius 3 is 1.69 bits per heavy atom. The van der Waals surface area contributed by atoms with Gasteiger partial charge in [0.25, 0.3) is 0 Å². The van der Waals surface area contributed by atoms with Gasteiger partial charge in [0, 0.05) is 6.42 Å². The Hall–Kier alpha value is -2.04. The van der Waals surface area contributed by atoms with Gasteiger partial charge in [-0.25, -0.2) is 9.59 Å². The van der Waals surface area contributed by atoms with Crippen molar-refractivity contribution in [1.82, 2.24) is 5.32 Å². The molecule has 0 aliphatic carbocycles. The van der Waals surface area contributed by atoms with Gasteiger partial charge in [0.15, 0.2) is 0 Å². The van der Waals surface area contributed by atoms with Gasteiger partial charge in [0.2, 0.25) is 0 Å². The van der Waals surface area contributed by atoms with Gasteiger partial charge < -0.3 is 26.6 Å². The number of aliphatic carboxylic acids is 1. The van der Waals surface area contributed by atoms with Crippen LogP contribution in [0.5, 0.6) is 0 Å². The van der Waals surface area contributed by atoms with E-state index < -0.39 is 24.3 Å². The number of urea groups is 1. The Kier molecular flexibility index (Phi) is 20.9. The van der Waals surface area contributed by atoms with E-state index in [0.717, 1.165) is 12.8 Å². The summed E-state index contributed by atoms with van der Waals surface area (Å²) in [6.45, 7) is 2.72. The molecule has 0 heterocycles. The molecule has 32 heavy (non-hydrogen) atoms. The molecule has 11 heteroatoms. The first-order valence-corrected chi connectivity index (χ1v) is 11.3. The van der Waals surface area contributed by atoms with Crippen LogP contribution in [0.15, 0.2) is 0 Å². The van der Waals surface area contributed by atoms with Crippen LogP contribution in [0.1, 0.15) is 96.8 Å². The maximum Gasteiger partial charge on any atom is 0.490 e. The summed E-state index contributed by atoms with van der Waals surface area (Å²) in [4.78, 5) is 31.0. The molecule has 0 spiro atoms. The zero-order chi connectivity index (χ0) is 24.8. The number of halogens is 3. The number of unbranched alkanes of at least 4 members (excludes halogenated alkanes) is 11. The van der Waals surface area contributed by atoms with Crippen molar-refractivity contribution in [2.75, 3.05) is 6.61 Å². The third-order valence-corrected chi connectivity index (χ3v) is 4.49. The molecule has 1 atom stereocenters. The quantitative estimate of drug-likeness (QED) is 0.139. The number of hydrogen-bond donors (Lipinski definition) is 4. The number of rotatable bonds is 17. The molecule has 0 aliphatic rings. The molecule has 0 saturated carbocycles. The normalized spacial score (nSPS) is 11.8. The number of esters is 1. The molecule has 0 rings (SSSR count). The third-order valence-electron chi connectivity index (χ3n) is 4.49. The van der Waals surface area contributed by atoms with Crippen LogP contribution < -0.4 is 16.8 Å². The lowest BCUT2D eigenvalue weighted by Crippen LogP contribution is -2.44. The molecule has 6 N–H and O–H groups in total. The van der Waals surface area contributed by atoms with Crippen molar-refractivity contribution in [2.45, 2.75) is 109 Å². The Morgan fingerprint density at radius 2 is 1.31 bits per heavy atom. The molecule has 0 radical (unpaired) electrons. The standard InChI is InChI=1S/C19H39N3O3.C2HF3O2/c1-2-3-4-5-6-7-8-9-10-11-12-13-16-25-18(23)15-14-17(20)22-19(21)24;3-2(4,5)1(6)7/h17H,2-16,20H2,1H3,(H3,21,22,24);(H,6,7). The minimum atomic E-state index is -5.08. The zero-order valence-corrected chi connectivity index (χ0v) is 19.1. The van der Waals surface area contributed by atoms with Crippen LogP contribution in [0.2, 0.25) is 0 Å². The summed E-state index contributed by atoms with van der Waals surface area (Å²) in [5.74, 6) is -3.03. The highest BCUT2D eigenvalue weighted by molar-refractivity contribution is 5.73. The Bertz CT molecular complexity index is 506. The second kappa shape index (κ2) is 20.8. The van der Waals surface area contributed by atoms with E-state index in [0.29, 0.717) is 13.0 Å². The lowest BCUT2D eigenvalue weighted by Gasteiger charge is -2.11. The smallest absolute Gasteiger partial charge is 0.475 e. The van der Waals surface area contributed by atoms with E-state index in [1.54, 1.807) is 0 Å². The number of nitrogens with two attached hydrogens (primary N) is 2. The molecular weight excluding hydrogens is 431 g/mol. The van der Waals surface area contributed by atoms with E-state index in [9.17, 15) is 22.8 Å².